The van der Waals surface area contributed by atoms with E-state index in [-0.39, 0.29) is 6.04 Å². The van der Waals surface area contributed by atoms with Crippen molar-refractivity contribution in [1.82, 2.24) is 15.2 Å². The maximum absolute atomic E-state index is 5.74. The molecule has 3 N–H and O–H groups in total. The van der Waals surface area contributed by atoms with Gasteiger partial charge in [-0.1, -0.05) is 31.9 Å². The molecule has 0 aliphatic heterocycles. The standard InChI is InChI=1S/C14H18Br2N4/c1-3-20-13(4-9(2)19-20)8-14(18-17)10-5-11(15)7-12(16)6-10/h4-7,14,18H,3,8,17H2,1-2H3. The van der Waals surface area contributed by atoms with E-state index in [1.54, 1.807) is 0 Å². The zero-order valence-electron chi connectivity index (χ0n) is 11.5. The molecule has 0 spiro atoms. The van der Waals surface area contributed by atoms with Crippen molar-refractivity contribution in [3.05, 3.63) is 50.2 Å². The fraction of sp³-hybridized carbons (Fsp3) is 0.357. The first-order valence-corrected chi connectivity index (χ1v) is 8.07. The summed E-state index contributed by atoms with van der Waals surface area (Å²) in [5, 5.41) is 4.47. The Morgan fingerprint density at radius 3 is 2.45 bits per heavy atom. The molecule has 2 aromatic rings. The Kier molecular flexibility index (Phi) is 5.37. The number of nitrogens with zero attached hydrogens (tertiary/aromatic N) is 2. The van der Waals surface area contributed by atoms with Crippen LogP contribution in [0.5, 0.6) is 0 Å². The number of halogens is 2. The van der Waals surface area contributed by atoms with Gasteiger partial charge < -0.3 is 0 Å². The van der Waals surface area contributed by atoms with Crippen LogP contribution in [0.15, 0.2) is 33.2 Å². The molecule has 0 aliphatic carbocycles. The van der Waals surface area contributed by atoms with Gasteiger partial charge in [-0.05, 0) is 43.7 Å². The summed E-state index contributed by atoms with van der Waals surface area (Å²) in [5.74, 6) is 5.74. The van der Waals surface area contributed by atoms with Gasteiger partial charge in [0.1, 0.15) is 0 Å². The normalized spacial score (nSPS) is 12.7. The maximum atomic E-state index is 5.74. The molecule has 20 heavy (non-hydrogen) atoms. The summed E-state index contributed by atoms with van der Waals surface area (Å²) >= 11 is 7.02. The van der Waals surface area contributed by atoms with Gasteiger partial charge in [-0.3, -0.25) is 16.0 Å². The Morgan fingerprint density at radius 2 is 1.90 bits per heavy atom. The summed E-state index contributed by atoms with van der Waals surface area (Å²) in [7, 11) is 0. The molecule has 0 bridgehead atoms. The lowest BCUT2D eigenvalue weighted by atomic mass is 10.0. The maximum Gasteiger partial charge on any atom is 0.0596 e. The molecule has 0 aliphatic rings. The van der Waals surface area contributed by atoms with Crippen molar-refractivity contribution in [2.45, 2.75) is 32.9 Å². The third kappa shape index (κ3) is 3.69. The highest BCUT2D eigenvalue weighted by Crippen LogP contribution is 2.26. The topological polar surface area (TPSA) is 55.9 Å². The predicted octanol–water partition coefficient (Wildman–Crippen LogP) is 3.48. The van der Waals surface area contributed by atoms with Crippen molar-refractivity contribution < 1.29 is 0 Å². The molecule has 2 rings (SSSR count). The number of aromatic nitrogens is 2. The van der Waals surface area contributed by atoms with Gasteiger partial charge in [0.25, 0.3) is 0 Å². The van der Waals surface area contributed by atoms with Gasteiger partial charge in [-0.25, -0.2) is 0 Å². The number of hydrazine groups is 1. The molecule has 1 unspecified atom stereocenters. The number of nitrogens with two attached hydrogens (primary N) is 1. The average Bonchev–Trinajstić information content (AvgIpc) is 2.74. The molecular formula is C14H18Br2N4. The second-order valence-corrected chi connectivity index (χ2v) is 6.55. The highest BCUT2D eigenvalue weighted by molar-refractivity contribution is 9.11. The zero-order valence-corrected chi connectivity index (χ0v) is 14.7. The highest BCUT2D eigenvalue weighted by atomic mass is 79.9. The molecule has 0 amide bonds. The van der Waals surface area contributed by atoms with Crippen LogP contribution in [-0.4, -0.2) is 9.78 Å². The summed E-state index contributed by atoms with van der Waals surface area (Å²) in [4.78, 5) is 0. The second-order valence-electron chi connectivity index (χ2n) is 4.72. The van der Waals surface area contributed by atoms with Gasteiger partial charge in [0.15, 0.2) is 0 Å². The minimum Gasteiger partial charge on any atom is -0.271 e. The number of hydrogen-bond donors (Lipinski definition) is 2. The first-order valence-electron chi connectivity index (χ1n) is 6.49. The van der Waals surface area contributed by atoms with Crippen LogP contribution < -0.4 is 11.3 Å². The predicted molar refractivity (Wildman–Crippen MR) is 88.2 cm³/mol. The third-order valence-electron chi connectivity index (χ3n) is 3.19. The molecule has 1 heterocycles. The van der Waals surface area contributed by atoms with Crippen LogP contribution >= 0.6 is 31.9 Å². The van der Waals surface area contributed by atoms with Gasteiger partial charge in [-0.15, -0.1) is 0 Å². The molecule has 0 saturated carbocycles. The monoisotopic (exact) mass is 400 g/mol. The molecule has 6 heteroatoms. The van der Waals surface area contributed by atoms with E-state index in [0.717, 1.165) is 33.2 Å². The summed E-state index contributed by atoms with van der Waals surface area (Å²) in [5.41, 5.74) is 6.25. The number of hydrogen-bond acceptors (Lipinski definition) is 3. The van der Waals surface area contributed by atoms with Gasteiger partial charge >= 0.3 is 0 Å². The SMILES string of the molecule is CCn1nc(C)cc1CC(NN)c1cc(Br)cc(Br)c1. The highest BCUT2D eigenvalue weighted by Gasteiger charge is 2.15. The van der Waals surface area contributed by atoms with Crippen LogP contribution in [0.4, 0.5) is 0 Å². The number of aryl methyl sites for hydroxylation is 2. The first kappa shape index (κ1) is 15.7. The third-order valence-corrected chi connectivity index (χ3v) is 4.10. The molecule has 0 radical (unpaired) electrons. The Morgan fingerprint density at radius 1 is 1.25 bits per heavy atom. The van der Waals surface area contributed by atoms with Crippen molar-refractivity contribution in [2.75, 3.05) is 0 Å². The lowest BCUT2D eigenvalue weighted by molar-refractivity contribution is 0.516. The van der Waals surface area contributed by atoms with E-state index in [0.29, 0.717) is 0 Å². The van der Waals surface area contributed by atoms with Crippen LogP contribution in [0.1, 0.15) is 29.9 Å². The molecule has 1 aromatic carbocycles. The second kappa shape index (κ2) is 6.85. The summed E-state index contributed by atoms with van der Waals surface area (Å²) < 4.78 is 4.08. The van der Waals surface area contributed by atoms with E-state index in [1.807, 2.05) is 17.7 Å². The fourth-order valence-electron chi connectivity index (χ4n) is 2.30. The van der Waals surface area contributed by atoms with E-state index in [4.69, 9.17) is 5.84 Å². The van der Waals surface area contributed by atoms with E-state index >= 15 is 0 Å². The number of benzene rings is 1. The van der Waals surface area contributed by atoms with Crippen LogP contribution in [0, 0.1) is 6.92 Å². The van der Waals surface area contributed by atoms with Crippen LogP contribution in [-0.2, 0) is 13.0 Å². The van der Waals surface area contributed by atoms with Gasteiger partial charge in [0, 0.05) is 27.6 Å². The van der Waals surface area contributed by atoms with E-state index < -0.39 is 0 Å². The summed E-state index contributed by atoms with van der Waals surface area (Å²) in [6.07, 6.45) is 0.800. The van der Waals surface area contributed by atoms with E-state index in [1.165, 1.54) is 5.69 Å². The minimum atomic E-state index is 0.0465. The van der Waals surface area contributed by atoms with E-state index in [9.17, 15) is 0 Å². The fourth-order valence-corrected chi connectivity index (χ4v) is 3.62. The van der Waals surface area contributed by atoms with Crippen molar-refractivity contribution in [2.24, 2.45) is 5.84 Å². The number of rotatable bonds is 5. The van der Waals surface area contributed by atoms with Crippen molar-refractivity contribution in [1.29, 1.82) is 0 Å². The average molecular weight is 402 g/mol. The lowest BCUT2D eigenvalue weighted by Gasteiger charge is -2.17. The molecule has 0 saturated heterocycles. The van der Waals surface area contributed by atoms with Gasteiger partial charge in [0.2, 0.25) is 0 Å². The molecule has 0 fully saturated rings. The van der Waals surface area contributed by atoms with Crippen molar-refractivity contribution in [3.63, 3.8) is 0 Å². The minimum absolute atomic E-state index is 0.0465. The Balaban J connectivity index is 2.28. The van der Waals surface area contributed by atoms with Crippen LogP contribution in [0.3, 0.4) is 0 Å². The summed E-state index contributed by atoms with van der Waals surface area (Å²) in [6, 6.07) is 8.33. The zero-order chi connectivity index (χ0) is 14.7. The lowest BCUT2D eigenvalue weighted by Crippen LogP contribution is -2.30. The van der Waals surface area contributed by atoms with Crippen molar-refractivity contribution in [3.8, 4) is 0 Å². The molecule has 108 valence electrons. The smallest absolute Gasteiger partial charge is 0.0596 e. The van der Waals surface area contributed by atoms with E-state index in [2.05, 4.69) is 67.5 Å². The molecular weight excluding hydrogens is 384 g/mol. The molecule has 1 aromatic heterocycles. The quantitative estimate of drug-likeness (QED) is 0.595. The van der Waals surface area contributed by atoms with Crippen LogP contribution in [0.25, 0.3) is 0 Å². The largest absolute Gasteiger partial charge is 0.271 e. The van der Waals surface area contributed by atoms with Crippen molar-refractivity contribution >= 4 is 31.9 Å². The number of nitrogens with one attached hydrogen (secondary N) is 1. The Hall–Kier alpha value is -0.690. The van der Waals surface area contributed by atoms with Gasteiger partial charge in [-0.2, -0.15) is 5.10 Å². The molecule has 4 nitrogen and oxygen atoms in total. The van der Waals surface area contributed by atoms with Crippen LogP contribution in [0.2, 0.25) is 0 Å². The first-order chi connectivity index (χ1) is 9.53. The Bertz CT molecular complexity index is 575. The Labute approximate surface area is 136 Å². The molecule has 1 atom stereocenters. The summed E-state index contributed by atoms with van der Waals surface area (Å²) in [6.45, 7) is 4.97. The van der Waals surface area contributed by atoms with Gasteiger partial charge in [0.05, 0.1) is 11.7 Å².